The van der Waals surface area contributed by atoms with Crippen molar-refractivity contribution in [3.8, 4) is 0 Å². The molecule has 0 radical (unpaired) electrons. The summed E-state index contributed by atoms with van der Waals surface area (Å²) in [4.78, 5) is 2.47. The fourth-order valence-electron chi connectivity index (χ4n) is 1.94. The van der Waals surface area contributed by atoms with E-state index >= 15 is 0 Å². The zero-order valence-electron chi connectivity index (χ0n) is 8.99. The Morgan fingerprint density at radius 2 is 2.31 bits per heavy atom. The summed E-state index contributed by atoms with van der Waals surface area (Å²) in [5.74, 6) is 0.619. The molecule has 3 unspecified atom stereocenters. The van der Waals surface area contributed by atoms with Crippen molar-refractivity contribution in [2.45, 2.75) is 32.4 Å². The third-order valence-corrected chi connectivity index (χ3v) is 3.03. The molecule has 2 N–H and O–H groups in total. The molecule has 0 bridgehead atoms. The number of methoxy groups -OCH3 is 1. The number of likely N-dealkylation sites (tertiary alicyclic amines) is 1. The number of hydrogen-bond acceptors (Lipinski definition) is 3. The number of hydrogen-bond donors (Lipinski definition) is 1. The van der Waals surface area contributed by atoms with Gasteiger partial charge in [0, 0.05) is 32.3 Å². The van der Waals surface area contributed by atoms with Crippen molar-refractivity contribution in [1.29, 1.82) is 0 Å². The Balaban J connectivity index is 2.36. The van der Waals surface area contributed by atoms with Crippen LogP contribution in [0, 0.1) is 5.92 Å². The average molecular weight is 186 g/mol. The highest BCUT2D eigenvalue weighted by Gasteiger charge is 2.25. The van der Waals surface area contributed by atoms with Gasteiger partial charge < -0.3 is 10.5 Å². The number of nitrogens with two attached hydrogens (primary N) is 1. The summed E-state index contributed by atoms with van der Waals surface area (Å²) in [6.07, 6.45) is 1.12. The second-order valence-corrected chi connectivity index (χ2v) is 4.23. The summed E-state index contributed by atoms with van der Waals surface area (Å²) in [5.41, 5.74) is 5.96. The van der Waals surface area contributed by atoms with Crippen molar-refractivity contribution in [2.75, 3.05) is 26.8 Å². The van der Waals surface area contributed by atoms with Gasteiger partial charge in [0.2, 0.25) is 0 Å². The molecule has 0 saturated carbocycles. The van der Waals surface area contributed by atoms with Crippen LogP contribution in [-0.2, 0) is 4.74 Å². The largest absolute Gasteiger partial charge is 0.383 e. The van der Waals surface area contributed by atoms with E-state index in [9.17, 15) is 0 Å². The van der Waals surface area contributed by atoms with Crippen molar-refractivity contribution >= 4 is 0 Å². The van der Waals surface area contributed by atoms with Crippen LogP contribution in [0.1, 0.15) is 20.3 Å². The zero-order valence-corrected chi connectivity index (χ0v) is 8.99. The molecule has 0 aromatic carbocycles. The lowest BCUT2D eigenvalue weighted by atomic mass is 9.94. The summed E-state index contributed by atoms with van der Waals surface area (Å²) in [5, 5.41) is 0. The van der Waals surface area contributed by atoms with Gasteiger partial charge in [0.05, 0.1) is 6.61 Å². The quantitative estimate of drug-likeness (QED) is 0.705. The normalized spacial score (nSPS) is 33.2. The standard InChI is InChI=1S/C10H22N2O/c1-8-6-12(5-4-10(8)11)9(2)7-13-3/h8-10H,4-7,11H2,1-3H3. The van der Waals surface area contributed by atoms with Crippen LogP contribution in [0.15, 0.2) is 0 Å². The molecule has 3 heteroatoms. The number of rotatable bonds is 3. The molecule has 3 atom stereocenters. The third-order valence-electron chi connectivity index (χ3n) is 3.03. The van der Waals surface area contributed by atoms with E-state index in [-0.39, 0.29) is 0 Å². The predicted octanol–water partition coefficient (Wildman–Crippen LogP) is 0.690. The minimum absolute atomic E-state index is 0.394. The first-order valence-electron chi connectivity index (χ1n) is 5.13. The van der Waals surface area contributed by atoms with Gasteiger partial charge in [-0.25, -0.2) is 0 Å². The Morgan fingerprint density at radius 3 is 2.85 bits per heavy atom. The van der Waals surface area contributed by atoms with Gasteiger partial charge in [0.25, 0.3) is 0 Å². The molecule has 13 heavy (non-hydrogen) atoms. The van der Waals surface area contributed by atoms with Gasteiger partial charge in [0.1, 0.15) is 0 Å². The van der Waals surface area contributed by atoms with Crippen LogP contribution < -0.4 is 5.73 Å². The van der Waals surface area contributed by atoms with Crippen LogP contribution in [-0.4, -0.2) is 43.8 Å². The Hall–Kier alpha value is -0.120. The number of piperidine rings is 1. The first kappa shape index (κ1) is 11.0. The maximum Gasteiger partial charge on any atom is 0.0615 e. The minimum atomic E-state index is 0.394. The minimum Gasteiger partial charge on any atom is -0.383 e. The Labute approximate surface area is 81.2 Å². The second kappa shape index (κ2) is 4.94. The van der Waals surface area contributed by atoms with Crippen molar-refractivity contribution < 1.29 is 4.74 Å². The molecule has 3 nitrogen and oxygen atoms in total. The monoisotopic (exact) mass is 186 g/mol. The molecule has 1 rings (SSSR count). The molecule has 1 aliphatic rings. The van der Waals surface area contributed by atoms with E-state index in [0.29, 0.717) is 18.0 Å². The van der Waals surface area contributed by atoms with E-state index in [1.165, 1.54) is 0 Å². The molecule has 1 aliphatic heterocycles. The average Bonchev–Trinajstić information content (AvgIpc) is 2.10. The Kier molecular flexibility index (Phi) is 4.16. The molecular formula is C10H22N2O. The van der Waals surface area contributed by atoms with Crippen LogP contribution in [0.5, 0.6) is 0 Å². The number of nitrogens with zero attached hydrogens (tertiary/aromatic N) is 1. The van der Waals surface area contributed by atoms with Gasteiger partial charge in [-0.2, -0.15) is 0 Å². The molecule has 1 heterocycles. The summed E-state index contributed by atoms with van der Waals surface area (Å²) < 4.78 is 5.15. The molecule has 0 spiro atoms. The topological polar surface area (TPSA) is 38.5 Å². The molecule has 1 saturated heterocycles. The van der Waals surface area contributed by atoms with Crippen LogP contribution in [0.4, 0.5) is 0 Å². The van der Waals surface area contributed by atoms with Gasteiger partial charge in [-0.15, -0.1) is 0 Å². The predicted molar refractivity (Wildman–Crippen MR) is 54.7 cm³/mol. The van der Waals surface area contributed by atoms with Crippen LogP contribution >= 0.6 is 0 Å². The maximum atomic E-state index is 5.96. The molecule has 78 valence electrons. The fourth-order valence-corrected chi connectivity index (χ4v) is 1.94. The lowest BCUT2D eigenvalue weighted by Gasteiger charge is -2.38. The van der Waals surface area contributed by atoms with Crippen molar-refractivity contribution in [1.82, 2.24) is 4.90 Å². The highest BCUT2D eigenvalue weighted by molar-refractivity contribution is 4.82. The fraction of sp³-hybridized carbons (Fsp3) is 1.00. The van der Waals surface area contributed by atoms with Crippen molar-refractivity contribution in [3.05, 3.63) is 0 Å². The van der Waals surface area contributed by atoms with Gasteiger partial charge in [-0.1, -0.05) is 6.92 Å². The number of ether oxygens (including phenoxy) is 1. The summed E-state index contributed by atoms with van der Waals surface area (Å²) in [6.45, 7) is 7.51. The van der Waals surface area contributed by atoms with Gasteiger partial charge in [0.15, 0.2) is 0 Å². The van der Waals surface area contributed by atoms with Crippen LogP contribution in [0.2, 0.25) is 0 Å². The molecule has 0 aromatic rings. The van der Waals surface area contributed by atoms with E-state index < -0.39 is 0 Å². The van der Waals surface area contributed by atoms with Gasteiger partial charge in [-0.3, -0.25) is 4.90 Å². The second-order valence-electron chi connectivity index (χ2n) is 4.23. The summed E-state index contributed by atoms with van der Waals surface area (Å²) in [6, 6.07) is 0.922. The zero-order chi connectivity index (χ0) is 9.84. The maximum absolute atomic E-state index is 5.96. The van der Waals surface area contributed by atoms with Crippen LogP contribution in [0.25, 0.3) is 0 Å². The summed E-state index contributed by atoms with van der Waals surface area (Å²) >= 11 is 0. The molecule has 1 fully saturated rings. The van der Waals surface area contributed by atoms with Gasteiger partial charge in [-0.05, 0) is 19.3 Å². The van der Waals surface area contributed by atoms with Crippen molar-refractivity contribution in [2.24, 2.45) is 11.7 Å². The summed E-state index contributed by atoms with van der Waals surface area (Å²) in [7, 11) is 1.76. The lowest BCUT2D eigenvalue weighted by molar-refractivity contribution is 0.0650. The third kappa shape index (κ3) is 2.93. The van der Waals surface area contributed by atoms with Gasteiger partial charge >= 0.3 is 0 Å². The van der Waals surface area contributed by atoms with Crippen LogP contribution in [0.3, 0.4) is 0 Å². The molecule has 0 aliphatic carbocycles. The van der Waals surface area contributed by atoms with E-state index in [1.54, 1.807) is 7.11 Å². The van der Waals surface area contributed by atoms with E-state index in [1.807, 2.05) is 0 Å². The first-order valence-corrected chi connectivity index (χ1v) is 5.13. The van der Waals surface area contributed by atoms with E-state index in [4.69, 9.17) is 10.5 Å². The smallest absolute Gasteiger partial charge is 0.0615 e. The van der Waals surface area contributed by atoms with E-state index in [0.717, 1.165) is 26.1 Å². The van der Waals surface area contributed by atoms with Crippen molar-refractivity contribution in [3.63, 3.8) is 0 Å². The molecule has 0 aromatic heterocycles. The lowest BCUT2D eigenvalue weighted by Crippen LogP contribution is -2.50. The molecule has 0 amide bonds. The Bertz CT molecular complexity index is 152. The highest BCUT2D eigenvalue weighted by Crippen LogP contribution is 2.16. The molecular weight excluding hydrogens is 164 g/mol. The Morgan fingerprint density at radius 1 is 1.62 bits per heavy atom. The SMILES string of the molecule is COCC(C)N1CCC(N)C(C)C1. The first-order chi connectivity index (χ1) is 6.15. The van der Waals surface area contributed by atoms with E-state index in [2.05, 4.69) is 18.7 Å². The highest BCUT2D eigenvalue weighted by atomic mass is 16.5.